The van der Waals surface area contributed by atoms with Gasteiger partial charge in [0.1, 0.15) is 6.61 Å². The van der Waals surface area contributed by atoms with Gasteiger partial charge in [0, 0.05) is 19.4 Å². The number of phosphoric ester groups is 1. The highest BCUT2D eigenvalue weighted by atomic mass is 31.2. The quantitative estimate of drug-likeness (QED) is 0.0281. The molecule has 0 heterocycles. The number of esters is 2. The molecule has 0 aliphatic carbocycles. The summed E-state index contributed by atoms with van der Waals surface area (Å²) in [7, 11) is -4.37. The summed E-state index contributed by atoms with van der Waals surface area (Å²) < 4.78 is 32.6. The molecule has 0 saturated carbocycles. The largest absolute Gasteiger partial charge is 0.472 e. The summed E-state index contributed by atoms with van der Waals surface area (Å²) in [4.78, 5) is 34.7. The maximum atomic E-state index is 12.5. The fraction of sp³-hybridized carbons (Fsp3) is 0.795. The topological polar surface area (TPSA) is 134 Å². The zero-order valence-electron chi connectivity index (χ0n) is 31.2. The fourth-order valence-electron chi connectivity index (χ4n) is 5.18. The zero-order valence-corrected chi connectivity index (χ0v) is 32.1. The third kappa shape index (κ3) is 35.8. The van der Waals surface area contributed by atoms with Gasteiger partial charge in [-0.2, -0.15) is 0 Å². The minimum atomic E-state index is -4.37. The minimum Gasteiger partial charge on any atom is -0.462 e. The minimum absolute atomic E-state index is 0.0511. The highest BCUT2D eigenvalue weighted by Crippen LogP contribution is 2.43. The van der Waals surface area contributed by atoms with E-state index in [1.807, 2.05) is 0 Å². The first-order valence-electron chi connectivity index (χ1n) is 19.5. The van der Waals surface area contributed by atoms with Gasteiger partial charge in [-0.1, -0.05) is 147 Å². The van der Waals surface area contributed by atoms with Gasteiger partial charge in [0.25, 0.3) is 0 Å². The summed E-state index contributed by atoms with van der Waals surface area (Å²) in [6.45, 7) is 3.59. The van der Waals surface area contributed by atoms with E-state index in [9.17, 15) is 19.0 Å². The van der Waals surface area contributed by atoms with Gasteiger partial charge < -0.3 is 20.1 Å². The highest BCUT2D eigenvalue weighted by Gasteiger charge is 2.25. The highest BCUT2D eigenvalue weighted by molar-refractivity contribution is 7.47. The van der Waals surface area contributed by atoms with Crippen LogP contribution in [0.1, 0.15) is 168 Å². The Labute approximate surface area is 299 Å². The Balaban J connectivity index is 4.23. The van der Waals surface area contributed by atoms with Crippen LogP contribution in [0, 0.1) is 0 Å². The second-order valence-electron chi connectivity index (χ2n) is 12.8. The molecule has 1 unspecified atom stereocenters. The molecule has 0 amide bonds. The molecule has 0 aliphatic heterocycles. The Kier molecular flexibility index (Phi) is 34.7. The predicted octanol–water partition coefficient (Wildman–Crippen LogP) is 10.6. The number of carbonyl (C=O) groups excluding carboxylic acids is 2. The molecule has 286 valence electrons. The van der Waals surface area contributed by atoms with Crippen molar-refractivity contribution < 1.29 is 37.6 Å². The van der Waals surface area contributed by atoms with Crippen LogP contribution < -0.4 is 5.73 Å². The van der Waals surface area contributed by atoms with Gasteiger partial charge >= 0.3 is 19.8 Å². The monoisotopic (exact) mass is 713 g/mol. The second kappa shape index (κ2) is 36.0. The van der Waals surface area contributed by atoms with Crippen molar-refractivity contribution in [2.45, 2.75) is 174 Å². The molecule has 9 nitrogen and oxygen atoms in total. The van der Waals surface area contributed by atoms with Crippen LogP contribution in [0.15, 0.2) is 36.5 Å². The Morgan fingerprint density at radius 2 is 1.12 bits per heavy atom. The van der Waals surface area contributed by atoms with E-state index < -0.39 is 32.5 Å². The summed E-state index contributed by atoms with van der Waals surface area (Å²) in [6, 6.07) is 0. The van der Waals surface area contributed by atoms with Gasteiger partial charge in [0.15, 0.2) is 6.10 Å². The van der Waals surface area contributed by atoms with Crippen LogP contribution >= 0.6 is 7.82 Å². The van der Waals surface area contributed by atoms with Crippen molar-refractivity contribution in [3.8, 4) is 0 Å². The summed E-state index contributed by atoms with van der Waals surface area (Å²) >= 11 is 0. The van der Waals surface area contributed by atoms with Crippen LogP contribution in [0.2, 0.25) is 0 Å². The SMILES string of the molecule is CC/C=C\C/C=C\C/C=C\CCCCCCCC(=O)OC[C@@H](COP(=O)(O)OCCN)OC(=O)CCCCCCCCCCCCCCC. The van der Waals surface area contributed by atoms with Gasteiger partial charge in [0.2, 0.25) is 0 Å². The smallest absolute Gasteiger partial charge is 0.462 e. The van der Waals surface area contributed by atoms with Gasteiger partial charge in [0.05, 0.1) is 13.2 Å². The van der Waals surface area contributed by atoms with E-state index in [1.165, 1.54) is 64.2 Å². The van der Waals surface area contributed by atoms with Gasteiger partial charge in [-0.3, -0.25) is 18.6 Å². The number of nitrogens with two attached hydrogens (primary N) is 1. The normalized spacial score (nSPS) is 13.8. The summed E-state index contributed by atoms with van der Waals surface area (Å²) in [5.74, 6) is -0.847. The molecule has 0 spiro atoms. The molecule has 10 heteroatoms. The Morgan fingerprint density at radius 3 is 1.67 bits per heavy atom. The number of allylic oxidation sites excluding steroid dienone is 6. The average Bonchev–Trinajstić information content (AvgIpc) is 3.08. The van der Waals surface area contributed by atoms with Gasteiger partial charge in [-0.25, -0.2) is 4.57 Å². The number of hydrogen-bond acceptors (Lipinski definition) is 8. The van der Waals surface area contributed by atoms with Crippen molar-refractivity contribution >= 4 is 19.8 Å². The lowest BCUT2D eigenvalue weighted by atomic mass is 10.0. The molecule has 0 radical (unpaired) electrons. The molecule has 0 fully saturated rings. The molecule has 0 aliphatic rings. The van der Waals surface area contributed by atoms with Crippen LogP contribution in [-0.2, 0) is 32.7 Å². The first-order valence-corrected chi connectivity index (χ1v) is 21.0. The first-order chi connectivity index (χ1) is 23.8. The molecule has 0 saturated heterocycles. The molecule has 0 aromatic carbocycles. The average molecular weight is 714 g/mol. The standard InChI is InChI=1S/C39H72NO8P/c1-3-5-7-9-11-13-15-17-18-20-21-23-25-27-29-31-38(41)45-35-37(36-47-49(43,44)46-34-33-40)48-39(42)32-30-28-26-24-22-19-16-14-12-10-8-6-4-2/h5,7,11,13,17-18,37H,3-4,6,8-10,12,14-16,19-36,40H2,1-2H3,(H,43,44)/b7-5-,13-11-,18-17-/t37-/m0/s1. The van der Waals surface area contributed by atoms with Crippen LogP contribution in [0.25, 0.3) is 0 Å². The molecule has 0 aromatic heterocycles. The Hall–Kier alpha value is -1.77. The van der Waals surface area contributed by atoms with Crippen LogP contribution in [0.3, 0.4) is 0 Å². The lowest BCUT2D eigenvalue weighted by molar-refractivity contribution is -0.161. The molecular formula is C39H72NO8P. The molecule has 0 bridgehead atoms. The summed E-state index contributed by atoms with van der Waals surface area (Å²) in [5.41, 5.74) is 5.33. The van der Waals surface area contributed by atoms with Crippen molar-refractivity contribution in [2.75, 3.05) is 26.4 Å². The Bertz CT molecular complexity index is 907. The van der Waals surface area contributed by atoms with Crippen molar-refractivity contribution in [3.05, 3.63) is 36.5 Å². The summed E-state index contributed by atoms with van der Waals surface area (Å²) in [6.07, 6.45) is 37.4. The summed E-state index contributed by atoms with van der Waals surface area (Å²) in [5, 5.41) is 0. The van der Waals surface area contributed by atoms with Crippen LogP contribution in [-0.4, -0.2) is 49.3 Å². The van der Waals surface area contributed by atoms with E-state index in [2.05, 4.69) is 50.3 Å². The molecule has 2 atom stereocenters. The molecular weight excluding hydrogens is 641 g/mol. The van der Waals surface area contributed by atoms with E-state index in [-0.39, 0.29) is 32.6 Å². The van der Waals surface area contributed by atoms with Crippen molar-refractivity contribution in [2.24, 2.45) is 5.73 Å². The van der Waals surface area contributed by atoms with E-state index >= 15 is 0 Å². The van der Waals surface area contributed by atoms with E-state index in [0.29, 0.717) is 12.8 Å². The first kappa shape index (κ1) is 47.2. The fourth-order valence-corrected chi connectivity index (χ4v) is 5.94. The van der Waals surface area contributed by atoms with Gasteiger partial charge in [-0.05, 0) is 44.9 Å². The zero-order chi connectivity index (χ0) is 36.1. The van der Waals surface area contributed by atoms with Crippen LogP contribution in [0.4, 0.5) is 0 Å². The number of ether oxygens (including phenoxy) is 2. The maximum Gasteiger partial charge on any atom is 0.472 e. The third-order valence-corrected chi connectivity index (χ3v) is 9.02. The van der Waals surface area contributed by atoms with Crippen molar-refractivity contribution in [1.82, 2.24) is 0 Å². The number of hydrogen-bond donors (Lipinski definition) is 2. The molecule has 0 rings (SSSR count). The number of unbranched alkanes of at least 4 members (excludes halogenated alkanes) is 17. The van der Waals surface area contributed by atoms with Gasteiger partial charge in [-0.15, -0.1) is 0 Å². The van der Waals surface area contributed by atoms with Crippen molar-refractivity contribution in [1.29, 1.82) is 0 Å². The lowest BCUT2D eigenvalue weighted by Crippen LogP contribution is -2.29. The molecule has 0 aromatic rings. The third-order valence-electron chi connectivity index (χ3n) is 8.04. The molecule has 3 N–H and O–H groups in total. The maximum absolute atomic E-state index is 12.5. The number of rotatable bonds is 36. The number of carbonyl (C=O) groups is 2. The Morgan fingerprint density at radius 1 is 0.633 bits per heavy atom. The predicted molar refractivity (Wildman–Crippen MR) is 201 cm³/mol. The molecule has 49 heavy (non-hydrogen) atoms. The van der Waals surface area contributed by atoms with E-state index in [0.717, 1.165) is 64.2 Å². The van der Waals surface area contributed by atoms with E-state index in [1.54, 1.807) is 0 Å². The van der Waals surface area contributed by atoms with Crippen molar-refractivity contribution in [3.63, 3.8) is 0 Å². The number of phosphoric acid groups is 1. The van der Waals surface area contributed by atoms with E-state index in [4.69, 9.17) is 24.3 Å². The van der Waals surface area contributed by atoms with Crippen LogP contribution in [0.5, 0.6) is 0 Å². The second-order valence-corrected chi connectivity index (χ2v) is 14.2. The lowest BCUT2D eigenvalue weighted by Gasteiger charge is -2.19.